The maximum Gasteiger partial charge on any atom is 0.416 e. The molecular formula is C25H29F3N4O3. The van der Waals surface area contributed by atoms with Crippen LogP contribution in [-0.2, 0) is 16.6 Å². The van der Waals surface area contributed by atoms with Gasteiger partial charge in [-0.2, -0.15) is 13.2 Å². The summed E-state index contributed by atoms with van der Waals surface area (Å²) in [7, 11) is 0. The number of pyridine rings is 1. The van der Waals surface area contributed by atoms with Gasteiger partial charge in [0.15, 0.2) is 0 Å². The van der Waals surface area contributed by atoms with Crippen molar-refractivity contribution in [2.75, 3.05) is 19.6 Å². The number of amides is 2. The van der Waals surface area contributed by atoms with Crippen LogP contribution in [0, 0.1) is 0 Å². The lowest BCUT2D eigenvalue weighted by molar-refractivity contribution is -0.137. The van der Waals surface area contributed by atoms with Crippen LogP contribution in [0.2, 0.25) is 0 Å². The van der Waals surface area contributed by atoms with Crippen molar-refractivity contribution < 1.29 is 27.9 Å². The van der Waals surface area contributed by atoms with Gasteiger partial charge in [-0.3, -0.25) is 14.6 Å². The molecular weight excluding hydrogens is 461 g/mol. The van der Waals surface area contributed by atoms with E-state index in [0.29, 0.717) is 25.9 Å². The lowest BCUT2D eigenvalue weighted by Crippen LogP contribution is -2.46. The number of hydrogen-bond donors (Lipinski definition) is 3. The van der Waals surface area contributed by atoms with E-state index in [1.807, 2.05) is 12.1 Å². The summed E-state index contributed by atoms with van der Waals surface area (Å²) in [4.78, 5) is 30.5. The summed E-state index contributed by atoms with van der Waals surface area (Å²) < 4.78 is 38.6. The zero-order valence-corrected chi connectivity index (χ0v) is 19.2. The highest BCUT2D eigenvalue weighted by molar-refractivity contribution is 5.96. The molecule has 1 unspecified atom stereocenters. The van der Waals surface area contributed by atoms with E-state index >= 15 is 0 Å². The molecule has 3 N–H and O–H groups in total. The van der Waals surface area contributed by atoms with Crippen LogP contribution in [0.25, 0.3) is 0 Å². The quantitative estimate of drug-likeness (QED) is 0.579. The SMILES string of the molecule is O=C(NCC(=O)N1CCC(NC2CCC(O)(c3ccncc3)CC2)C1)c1cccc(C(F)(F)F)c1. The van der Waals surface area contributed by atoms with E-state index in [-0.39, 0.29) is 30.1 Å². The minimum absolute atomic E-state index is 0.121. The topological polar surface area (TPSA) is 94.6 Å². The molecule has 2 heterocycles. The third kappa shape index (κ3) is 6.18. The van der Waals surface area contributed by atoms with Gasteiger partial charge in [-0.15, -0.1) is 0 Å². The first-order chi connectivity index (χ1) is 16.6. The van der Waals surface area contributed by atoms with E-state index < -0.39 is 23.2 Å². The fourth-order valence-electron chi connectivity index (χ4n) is 4.88. The van der Waals surface area contributed by atoms with Crippen LogP contribution in [0.3, 0.4) is 0 Å². The highest BCUT2D eigenvalue weighted by atomic mass is 19.4. The Morgan fingerprint density at radius 3 is 2.49 bits per heavy atom. The highest BCUT2D eigenvalue weighted by Crippen LogP contribution is 2.37. The Balaban J connectivity index is 1.21. The van der Waals surface area contributed by atoms with E-state index in [0.717, 1.165) is 37.0 Å². The number of nitrogens with one attached hydrogen (secondary N) is 2. The van der Waals surface area contributed by atoms with Gasteiger partial charge in [0.25, 0.3) is 5.91 Å². The van der Waals surface area contributed by atoms with Crippen LogP contribution in [0.5, 0.6) is 0 Å². The number of alkyl halides is 3. The number of carbonyl (C=O) groups excluding carboxylic acids is 2. The molecule has 188 valence electrons. The lowest BCUT2D eigenvalue weighted by Gasteiger charge is -2.37. The minimum Gasteiger partial charge on any atom is -0.385 e. The highest BCUT2D eigenvalue weighted by Gasteiger charge is 2.36. The molecule has 35 heavy (non-hydrogen) atoms. The van der Waals surface area contributed by atoms with Gasteiger partial charge >= 0.3 is 6.18 Å². The van der Waals surface area contributed by atoms with E-state index in [2.05, 4.69) is 15.6 Å². The molecule has 1 aliphatic heterocycles. The van der Waals surface area contributed by atoms with Crippen molar-refractivity contribution in [2.24, 2.45) is 0 Å². The van der Waals surface area contributed by atoms with Crippen molar-refractivity contribution in [2.45, 2.75) is 56.0 Å². The average molecular weight is 491 g/mol. The number of aromatic nitrogens is 1. The second kappa shape index (κ2) is 10.3. The molecule has 10 heteroatoms. The smallest absolute Gasteiger partial charge is 0.385 e. The third-order valence-electron chi connectivity index (χ3n) is 6.90. The summed E-state index contributed by atoms with van der Waals surface area (Å²) in [5.74, 6) is -0.993. The maximum atomic E-state index is 12.9. The summed E-state index contributed by atoms with van der Waals surface area (Å²) in [5, 5.41) is 17.0. The molecule has 1 saturated heterocycles. The van der Waals surface area contributed by atoms with Crippen LogP contribution in [0.1, 0.15) is 53.6 Å². The van der Waals surface area contributed by atoms with Gasteiger partial charge < -0.3 is 20.6 Å². The Labute approximate surface area is 201 Å². The molecule has 1 saturated carbocycles. The Kier molecular flexibility index (Phi) is 7.42. The fraction of sp³-hybridized carbons (Fsp3) is 0.480. The van der Waals surface area contributed by atoms with Gasteiger partial charge in [-0.05, 0) is 68.0 Å². The molecule has 1 atom stereocenters. The summed E-state index contributed by atoms with van der Waals surface area (Å²) in [6, 6.07) is 8.18. The summed E-state index contributed by atoms with van der Waals surface area (Å²) in [5.41, 5.74) is -1.00. The zero-order valence-electron chi connectivity index (χ0n) is 19.2. The first-order valence-corrected chi connectivity index (χ1v) is 11.8. The molecule has 1 aromatic carbocycles. The summed E-state index contributed by atoms with van der Waals surface area (Å²) in [6.07, 6.45) is 2.52. The monoisotopic (exact) mass is 490 g/mol. The molecule has 4 rings (SSSR count). The van der Waals surface area contributed by atoms with Crippen molar-refractivity contribution in [1.29, 1.82) is 0 Å². The van der Waals surface area contributed by atoms with Gasteiger partial charge in [-0.1, -0.05) is 6.07 Å². The van der Waals surface area contributed by atoms with Crippen LogP contribution < -0.4 is 10.6 Å². The third-order valence-corrected chi connectivity index (χ3v) is 6.90. The van der Waals surface area contributed by atoms with E-state index in [4.69, 9.17) is 0 Å². The molecule has 2 aromatic rings. The fourth-order valence-corrected chi connectivity index (χ4v) is 4.88. The van der Waals surface area contributed by atoms with E-state index in [9.17, 15) is 27.9 Å². The molecule has 0 radical (unpaired) electrons. The normalized spacial score (nSPS) is 24.9. The van der Waals surface area contributed by atoms with Crippen LogP contribution in [-0.4, -0.2) is 58.5 Å². The number of aliphatic hydroxyl groups is 1. The average Bonchev–Trinajstić information content (AvgIpc) is 3.32. The molecule has 2 fully saturated rings. The van der Waals surface area contributed by atoms with Gasteiger partial charge in [0.2, 0.25) is 5.91 Å². The van der Waals surface area contributed by atoms with Crippen molar-refractivity contribution in [3.05, 3.63) is 65.5 Å². The van der Waals surface area contributed by atoms with Crippen LogP contribution in [0.15, 0.2) is 48.8 Å². The summed E-state index contributed by atoms with van der Waals surface area (Å²) in [6.45, 7) is 0.775. The number of halogens is 3. The Morgan fingerprint density at radius 2 is 1.80 bits per heavy atom. The minimum atomic E-state index is -4.54. The predicted octanol–water partition coefficient (Wildman–Crippen LogP) is 2.85. The van der Waals surface area contributed by atoms with Crippen molar-refractivity contribution >= 4 is 11.8 Å². The predicted molar refractivity (Wildman–Crippen MR) is 122 cm³/mol. The van der Waals surface area contributed by atoms with Crippen molar-refractivity contribution in [3.63, 3.8) is 0 Å². The lowest BCUT2D eigenvalue weighted by atomic mass is 9.78. The number of benzene rings is 1. The molecule has 7 nitrogen and oxygen atoms in total. The van der Waals surface area contributed by atoms with Crippen LogP contribution >= 0.6 is 0 Å². The number of hydrogen-bond acceptors (Lipinski definition) is 5. The Bertz CT molecular complexity index is 1040. The maximum absolute atomic E-state index is 12.9. The number of rotatable bonds is 6. The second-order valence-electron chi connectivity index (χ2n) is 9.30. The standard InChI is InChI=1S/C25H29F3N4O3/c26-25(27,28)19-3-1-2-17(14-19)23(34)30-15-22(33)32-13-8-21(16-32)31-20-4-9-24(35,10-5-20)18-6-11-29-12-7-18/h1-3,6-7,11-12,14,20-21,31,35H,4-5,8-10,13,15-16H2,(H,30,34). The first-order valence-electron chi connectivity index (χ1n) is 11.8. The molecule has 2 aliphatic rings. The number of carbonyl (C=O) groups is 2. The molecule has 1 aromatic heterocycles. The van der Waals surface area contributed by atoms with Gasteiger partial charge in [0.1, 0.15) is 0 Å². The molecule has 1 aliphatic carbocycles. The van der Waals surface area contributed by atoms with Crippen LogP contribution in [0.4, 0.5) is 13.2 Å². The number of likely N-dealkylation sites (tertiary alicyclic amines) is 1. The zero-order chi connectivity index (χ0) is 25.1. The van der Waals surface area contributed by atoms with Crippen molar-refractivity contribution in [3.8, 4) is 0 Å². The van der Waals surface area contributed by atoms with Gasteiger partial charge in [0.05, 0.1) is 17.7 Å². The van der Waals surface area contributed by atoms with E-state index in [1.54, 1.807) is 17.3 Å². The Morgan fingerprint density at radius 1 is 1.09 bits per heavy atom. The largest absolute Gasteiger partial charge is 0.416 e. The van der Waals surface area contributed by atoms with E-state index in [1.165, 1.54) is 12.1 Å². The number of nitrogens with zero attached hydrogens (tertiary/aromatic N) is 2. The van der Waals surface area contributed by atoms with Gasteiger partial charge in [-0.25, -0.2) is 0 Å². The molecule has 2 amide bonds. The molecule has 0 spiro atoms. The first kappa shape index (κ1) is 25.1. The molecule has 0 bridgehead atoms. The second-order valence-corrected chi connectivity index (χ2v) is 9.30. The van der Waals surface area contributed by atoms with Crippen molar-refractivity contribution in [1.82, 2.24) is 20.5 Å². The van der Waals surface area contributed by atoms with Gasteiger partial charge in [0, 0.05) is 43.1 Å². The Hall–Kier alpha value is -2.98. The summed E-state index contributed by atoms with van der Waals surface area (Å²) >= 11 is 0.